The number of halogens is 1. The Kier molecular flexibility index (Phi) is 10.4. The van der Waals surface area contributed by atoms with Gasteiger partial charge in [0.15, 0.2) is 0 Å². The maximum absolute atomic E-state index is 12.8. The highest BCUT2D eigenvalue weighted by molar-refractivity contribution is 6.18. The molecule has 14 heteroatoms. The van der Waals surface area contributed by atoms with Gasteiger partial charge in [0.1, 0.15) is 18.6 Å². The summed E-state index contributed by atoms with van der Waals surface area (Å²) in [6.07, 6.45) is -1.69. The van der Waals surface area contributed by atoms with Crippen LogP contribution in [-0.4, -0.2) is 75.7 Å². The summed E-state index contributed by atoms with van der Waals surface area (Å²) in [4.78, 5) is 85.2. The molecule has 0 aromatic heterocycles. The van der Waals surface area contributed by atoms with E-state index in [0.29, 0.717) is 0 Å². The third-order valence-electron chi connectivity index (χ3n) is 5.50. The van der Waals surface area contributed by atoms with Crippen LogP contribution >= 0.6 is 11.6 Å². The summed E-state index contributed by atoms with van der Waals surface area (Å²) in [6.45, 7) is 3.10. The van der Waals surface area contributed by atoms with Crippen molar-refractivity contribution < 1.29 is 63.1 Å². The van der Waals surface area contributed by atoms with E-state index in [2.05, 4.69) is 4.74 Å². The van der Waals surface area contributed by atoms with Gasteiger partial charge < -0.3 is 29.5 Å². The van der Waals surface area contributed by atoms with Crippen LogP contribution < -0.4 is 0 Å². The van der Waals surface area contributed by atoms with E-state index in [9.17, 15) is 48.9 Å². The summed E-state index contributed by atoms with van der Waals surface area (Å²) in [7, 11) is 0. The van der Waals surface area contributed by atoms with Gasteiger partial charge in [0.05, 0.1) is 35.5 Å². The summed E-state index contributed by atoms with van der Waals surface area (Å²) in [5.41, 5.74) is 0. The van der Waals surface area contributed by atoms with Crippen LogP contribution in [0, 0.1) is 35.5 Å². The van der Waals surface area contributed by atoms with Gasteiger partial charge in [0, 0.05) is 6.92 Å². The van der Waals surface area contributed by atoms with Crippen LogP contribution in [0.25, 0.3) is 0 Å². The van der Waals surface area contributed by atoms with Gasteiger partial charge in [-0.15, -0.1) is 11.6 Å². The van der Waals surface area contributed by atoms with Crippen molar-refractivity contribution in [3.63, 3.8) is 0 Å². The first-order chi connectivity index (χ1) is 15.8. The largest absolute Gasteiger partial charge is 0.481 e. The van der Waals surface area contributed by atoms with E-state index in [4.69, 9.17) is 21.1 Å². The van der Waals surface area contributed by atoms with Crippen molar-refractivity contribution in [1.29, 1.82) is 0 Å². The van der Waals surface area contributed by atoms with E-state index in [0.717, 1.165) is 13.8 Å². The predicted octanol–water partition coefficient (Wildman–Crippen LogP) is 0.164. The van der Waals surface area contributed by atoms with Crippen molar-refractivity contribution in [1.82, 2.24) is 0 Å². The topological polar surface area (TPSA) is 208 Å². The first-order valence-corrected chi connectivity index (χ1v) is 10.7. The summed E-state index contributed by atoms with van der Waals surface area (Å²) in [5.74, 6) is -23.0. The lowest BCUT2D eigenvalue weighted by Gasteiger charge is -2.35. The molecule has 1 aliphatic rings. The third kappa shape index (κ3) is 6.43. The SMILES string of the molecule is CCC(OC(C)=O)C(C(=O)OCCCl)C(C(=O)O)C(C(=O)O)C(C(=O)O)C1C(=O)OC(=O)C1C. The van der Waals surface area contributed by atoms with Crippen molar-refractivity contribution in [2.24, 2.45) is 35.5 Å². The average Bonchev–Trinajstić information content (AvgIpc) is 2.98. The number of aliphatic carboxylic acids is 3. The molecule has 0 aromatic carbocycles. The number of carboxylic acid groups (broad SMARTS) is 3. The quantitative estimate of drug-likeness (QED) is 0.131. The number of cyclic esters (lactones) is 2. The van der Waals surface area contributed by atoms with Crippen molar-refractivity contribution >= 4 is 53.4 Å². The average molecular weight is 509 g/mol. The molecule has 0 bridgehead atoms. The van der Waals surface area contributed by atoms with E-state index in [-0.39, 0.29) is 12.3 Å². The second kappa shape index (κ2) is 12.3. The first-order valence-electron chi connectivity index (χ1n) is 10.1. The molecule has 7 atom stereocenters. The zero-order valence-corrected chi connectivity index (χ0v) is 19.2. The molecular formula is C20H25ClO13. The maximum Gasteiger partial charge on any atom is 0.318 e. The molecule has 13 nitrogen and oxygen atoms in total. The number of alkyl halides is 1. The molecule has 0 aliphatic carbocycles. The highest BCUT2D eigenvalue weighted by Gasteiger charge is 2.59. The Balaban J connectivity index is 3.75. The zero-order valence-electron chi connectivity index (χ0n) is 18.5. The molecule has 0 aromatic rings. The maximum atomic E-state index is 12.8. The van der Waals surface area contributed by atoms with Crippen LogP contribution in [-0.2, 0) is 47.8 Å². The molecule has 1 rings (SSSR count). The molecule has 1 heterocycles. The lowest BCUT2D eigenvalue weighted by molar-refractivity contribution is -0.180. The Hall–Kier alpha value is -3.22. The van der Waals surface area contributed by atoms with Crippen LogP contribution in [0.2, 0.25) is 0 Å². The Morgan fingerprint density at radius 3 is 1.88 bits per heavy atom. The lowest BCUT2D eigenvalue weighted by Crippen LogP contribution is -2.52. The Morgan fingerprint density at radius 1 is 0.971 bits per heavy atom. The summed E-state index contributed by atoms with van der Waals surface area (Å²) >= 11 is 5.49. The number of rotatable bonds is 13. The van der Waals surface area contributed by atoms with Gasteiger partial charge >= 0.3 is 41.8 Å². The predicted molar refractivity (Wildman–Crippen MR) is 108 cm³/mol. The fourth-order valence-electron chi connectivity index (χ4n) is 4.05. The monoisotopic (exact) mass is 508 g/mol. The van der Waals surface area contributed by atoms with Crippen LogP contribution in [0.15, 0.2) is 0 Å². The van der Waals surface area contributed by atoms with Gasteiger partial charge in [-0.25, -0.2) is 0 Å². The fraction of sp³-hybridized carbons (Fsp3) is 0.650. The van der Waals surface area contributed by atoms with Crippen LogP contribution in [0.4, 0.5) is 0 Å². The molecular weight excluding hydrogens is 484 g/mol. The van der Waals surface area contributed by atoms with Crippen LogP contribution in [0.5, 0.6) is 0 Å². The molecule has 190 valence electrons. The summed E-state index contributed by atoms with van der Waals surface area (Å²) in [5, 5.41) is 29.7. The smallest absolute Gasteiger partial charge is 0.318 e. The van der Waals surface area contributed by atoms with E-state index in [1.165, 1.54) is 6.92 Å². The minimum Gasteiger partial charge on any atom is -0.481 e. The second-order valence-electron chi connectivity index (χ2n) is 7.59. The van der Waals surface area contributed by atoms with Gasteiger partial charge in [0.2, 0.25) is 0 Å². The molecule has 1 fully saturated rings. The Bertz CT molecular complexity index is 853. The summed E-state index contributed by atoms with van der Waals surface area (Å²) in [6, 6.07) is 0. The minimum absolute atomic E-state index is 0.172. The molecule has 1 saturated heterocycles. The Morgan fingerprint density at radius 2 is 1.53 bits per heavy atom. The van der Waals surface area contributed by atoms with Crippen molar-refractivity contribution in [2.45, 2.75) is 33.3 Å². The van der Waals surface area contributed by atoms with Crippen LogP contribution in [0.1, 0.15) is 27.2 Å². The normalized spacial score (nSPS) is 22.0. The van der Waals surface area contributed by atoms with Crippen molar-refractivity contribution in [3.8, 4) is 0 Å². The number of hydrogen-bond acceptors (Lipinski definition) is 10. The number of carbonyl (C=O) groups excluding carboxylic acids is 4. The number of ether oxygens (including phenoxy) is 3. The molecule has 34 heavy (non-hydrogen) atoms. The van der Waals surface area contributed by atoms with E-state index < -0.39 is 90.0 Å². The highest BCUT2D eigenvalue weighted by Crippen LogP contribution is 2.41. The van der Waals surface area contributed by atoms with E-state index >= 15 is 0 Å². The van der Waals surface area contributed by atoms with Crippen molar-refractivity contribution in [2.75, 3.05) is 12.5 Å². The Labute approximate surface area is 198 Å². The van der Waals surface area contributed by atoms with E-state index in [1.807, 2.05) is 0 Å². The number of hydrogen-bond donors (Lipinski definition) is 3. The summed E-state index contributed by atoms with van der Waals surface area (Å²) < 4.78 is 14.3. The molecule has 3 N–H and O–H groups in total. The van der Waals surface area contributed by atoms with Gasteiger partial charge in [-0.1, -0.05) is 13.8 Å². The van der Waals surface area contributed by atoms with E-state index in [1.54, 1.807) is 0 Å². The van der Waals surface area contributed by atoms with Crippen molar-refractivity contribution in [3.05, 3.63) is 0 Å². The third-order valence-corrected chi connectivity index (χ3v) is 5.66. The van der Waals surface area contributed by atoms with Gasteiger partial charge in [-0.3, -0.25) is 33.6 Å². The fourth-order valence-corrected chi connectivity index (χ4v) is 4.13. The number of carbonyl (C=O) groups is 7. The first kappa shape index (κ1) is 28.8. The standard InChI is InChI=1S/C20H25ClO13/c1-4-9(33-8(3)22)11(19(30)32-6-5-21)13(16(25)26)14(17(27)28)12(15(23)24)10-7(2)18(29)34-20(10)31/h7,9-14H,4-6H2,1-3H3,(H,23,24)(H,25,26)(H,27,28). The zero-order chi connectivity index (χ0) is 26.3. The molecule has 0 spiro atoms. The molecule has 7 unspecified atom stereocenters. The van der Waals surface area contributed by atoms with Gasteiger partial charge in [0.25, 0.3) is 0 Å². The highest BCUT2D eigenvalue weighted by atomic mass is 35.5. The minimum atomic E-state index is -2.43. The number of esters is 4. The second-order valence-corrected chi connectivity index (χ2v) is 7.96. The molecule has 0 saturated carbocycles. The van der Waals surface area contributed by atoms with Gasteiger partial charge in [-0.05, 0) is 6.42 Å². The number of carboxylic acids is 3. The van der Waals surface area contributed by atoms with Gasteiger partial charge in [-0.2, -0.15) is 0 Å². The lowest BCUT2D eigenvalue weighted by atomic mass is 9.67. The molecule has 0 amide bonds. The van der Waals surface area contributed by atoms with Crippen LogP contribution in [0.3, 0.4) is 0 Å². The molecule has 0 radical (unpaired) electrons. The molecule has 1 aliphatic heterocycles.